The number of thioether (sulfide) groups is 1. The van der Waals surface area contributed by atoms with Crippen LogP contribution in [0.5, 0.6) is 0 Å². The van der Waals surface area contributed by atoms with E-state index in [1.807, 2.05) is 20.8 Å². The summed E-state index contributed by atoms with van der Waals surface area (Å²) < 4.78 is 2.19. The largest absolute Gasteiger partial charge is 0.351 e. The molecular formula is C16H28N4OS. The van der Waals surface area contributed by atoms with Crippen LogP contribution >= 0.6 is 11.8 Å². The smallest absolute Gasteiger partial charge is 0.230 e. The van der Waals surface area contributed by atoms with Gasteiger partial charge in [0, 0.05) is 18.0 Å². The lowest BCUT2D eigenvalue weighted by molar-refractivity contribution is -0.119. The summed E-state index contributed by atoms with van der Waals surface area (Å²) in [6, 6.07) is 0. The zero-order valence-corrected chi connectivity index (χ0v) is 15.0. The molecule has 22 heavy (non-hydrogen) atoms. The number of amides is 1. The molecule has 0 radical (unpaired) electrons. The third-order valence-electron chi connectivity index (χ3n) is 3.88. The van der Waals surface area contributed by atoms with Crippen molar-refractivity contribution in [1.29, 1.82) is 0 Å². The van der Waals surface area contributed by atoms with E-state index in [1.165, 1.54) is 43.9 Å². The van der Waals surface area contributed by atoms with Gasteiger partial charge >= 0.3 is 0 Å². The van der Waals surface area contributed by atoms with Gasteiger partial charge in [0.2, 0.25) is 5.91 Å². The maximum atomic E-state index is 12.0. The summed E-state index contributed by atoms with van der Waals surface area (Å²) in [6.45, 7) is 8.96. The molecule has 1 aliphatic rings. The summed E-state index contributed by atoms with van der Waals surface area (Å²) in [7, 11) is 0. The third kappa shape index (κ3) is 4.73. The molecule has 5 nitrogen and oxygen atoms in total. The Bertz CT molecular complexity index is 501. The van der Waals surface area contributed by atoms with Gasteiger partial charge < -0.3 is 9.88 Å². The number of carbonyl (C=O) groups is 1. The third-order valence-corrected chi connectivity index (χ3v) is 4.85. The molecule has 2 rings (SSSR count). The summed E-state index contributed by atoms with van der Waals surface area (Å²) in [6.07, 6.45) is 6.35. The Kier molecular flexibility index (Phi) is 5.89. The Morgan fingerprint density at radius 2 is 1.95 bits per heavy atom. The van der Waals surface area contributed by atoms with Crippen LogP contribution in [-0.2, 0) is 11.3 Å². The fourth-order valence-corrected chi connectivity index (χ4v) is 3.76. The van der Waals surface area contributed by atoms with Crippen molar-refractivity contribution >= 4 is 17.7 Å². The molecule has 6 heteroatoms. The molecule has 1 saturated carbocycles. The first kappa shape index (κ1) is 17.3. The first-order chi connectivity index (χ1) is 10.4. The summed E-state index contributed by atoms with van der Waals surface area (Å²) in [5.74, 6) is 2.09. The average molecular weight is 324 g/mol. The highest BCUT2D eigenvalue weighted by molar-refractivity contribution is 7.99. The van der Waals surface area contributed by atoms with E-state index in [0.717, 1.165) is 17.5 Å². The molecular weight excluding hydrogens is 296 g/mol. The van der Waals surface area contributed by atoms with Crippen LogP contribution in [0.15, 0.2) is 5.16 Å². The SMILES string of the molecule is CCn1c(SCC(=O)NC(C)(C)C)nnc1C1CCCCC1. The lowest BCUT2D eigenvalue weighted by atomic mass is 9.89. The Morgan fingerprint density at radius 3 is 2.55 bits per heavy atom. The second-order valence-electron chi connectivity index (χ2n) is 7.01. The van der Waals surface area contributed by atoms with Crippen molar-refractivity contribution in [2.75, 3.05) is 5.75 Å². The fourth-order valence-electron chi connectivity index (χ4n) is 2.95. The van der Waals surface area contributed by atoms with Gasteiger partial charge in [0.1, 0.15) is 5.82 Å². The number of rotatable bonds is 5. The van der Waals surface area contributed by atoms with Crippen LogP contribution in [0.3, 0.4) is 0 Å². The molecule has 0 atom stereocenters. The van der Waals surface area contributed by atoms with Gasteiger partial charge in [0.25, 0.3) is 0 Å². The van der Waals surface area contributed by atoms with Crippen LogP contribution in [-0.4, -0.2) is 32.0 Å². The number of nitrogens with one attached hydrogen (secondary N) is 1. The quantitative estimate of drug-likeness (QED) is 0.844. The molecule has 0 spiro atoms. The van der Waals surface area contributed by atoms with Crippen LogP contribution in [0.2, 0.25) is 0 Å². The van der Waals surface area contributed by atoms with Crippen molar-refractivity contribution in [3.05, 3.63) is 5.82 Å². The minimum absolute atomic E-state index is 0.0439. The molecule has 0 unspecified atom stereocenters. The van der Waals surface area contributed by atoms with Crippen molar-refractivity contribution in [2.24, 2.45) is 0 Å². The highest BCUT2D eigenvalue weighted by Crippen LogP contribution is 2.33. The minimum atomic E-state index is -0.191. The summed E-state index contributed by atoms with van der Waals surface area (Å²) >= 11 is 1.48. The molecule has 1 amide bonds. The fraction of sp³-hybridized carbons (Fsp3) is 0.812. The van der Waals surface area contributed by atoms with Gasteiger partial charge in [-0.2, -0.15) is 0 Å². The standard InChI is InChI=1S/C16H28N4OS/c1-5-20-14(12-9-7-6-8-10-12)18-19-15(20)22-11-13(21)17-16(2,3)4/h12H,5-11H2,1-4H3,(H,17,21). The van der Waals surface area contributed by atoms with Crippen molar-refractivity contribution in [3.8, 4) is 0 Å². The minimum Gasteiger partial charge on any atom is -0.351 e. The number of hydrogen-bond donors (Lipinski definition) is 1. The number of hydrogen-bond acceptors (Lipinski definition) is 4. The first-order valence-corrected chi connectivity index (χ1v) is 9.26. The molecule has 1 heterocycles. The van der Waals surface area contributed by atoms with Crippen LogP contribution in [0, 0.1) is 0 Å². The van der Waals surface area contributed by atoms with Crippen molar-refractivity contribution in [3.63, 3.8) is 0 Å². The molecule has 0 aromatic carbocycles. The van der Waals surface area contributed by atoms with Crippen molar-refractivity contribution < 1.29 is 4.79 Å². The number of carbonyl (C=O) groups excluding carboxylic acids is 1. The predicted molar refractivity (Wildman–Crippen MR) is 90.1 cm³/mol. The second-order valence-corrected chi connectivity index (χ2v) is 7.95. The van der Waals surface area contributed by atoms with E-state index in [1.54, 1.807) is 0 Å². The topological polar surface area (TPSA) is 59.8 Å². The van der Waals surface area contributed by atoms with E-state index in [2.05, 4.69) is 27.0 Å². The lowest BCUT2D eigenvalue weighted by Crippen LogP contribution is -2.41. The monoisotopic (exact) mass is 324 g/mol. The van der Waals surface area contributed by atoms with Gasteiger partial charge in [-0.3, -0.25) is 4.79 Å². The maximum Gasteiger partial charge on any atom is 0.230 e. The Hall–Kier alpha value is -1.04. The molecule has 1 fully saturated rings. The van der Waals surface area contributed by atoms with E-state index < -0.39 is 0 Å². The maximum absolute atomic E-state index is 12.0. The molecule has 1 N–H and O–H groups in total. The van der Waals surface area contributed by atoms with Crippen molar-refractivity contribution in [1.82, 2.24) is 20.1 Å². The van der Waals surface area contributed by atoms with E-state index in [9.17, 15) is 4.79 Å². The summed E-state index contributed by atoms with van der Waals surface area (Å²) in [4.78, 5) is 12.0. The van der Waals surface area contributed by atoms with E-state index >= 15 is 0 Å². The van der Waals surface area contributed by atoms with Gasteiger partial charge in [0.15, 0.2) is 5.16 Å². The van der Waals surface area contributed by atoms with Crippen LogP contribution in [0.25, 0.3) is 0 Å². The first-order valence-electron chi connectivity index (χ1n) is 8.27. The van der Waals surface area contributed by atoms with Crippen LogP contribution in [0.4, 0.5) is 0 Å². The normalized spacial score (nSPS) is 16.7. The van der Waals surface area contributed by atoms with Gasteiger partial charge in [-0.1, -0.05) is 31.0 Å². The van der Waals surface area contributed by atoms with Gasteiger partial charge in [0.05, 0.1) is 5.75 Å². The Balaban J connectivity index is 1.99. The summed E-state index contributed by atoms with van der Waals surface area (Å²) in [5, 5.41) is 12.6. The highest BCUT2D eigenvalue weighted by Gasteiger charge is 2.23. The molecule has 1 aliphatic carbocycles. The zero-order chi connectivity index (χ0) is 16.2. The van der Waals surface area contributed by atoms with Gasteiger partial charge in [-0.05, 0) is 40.5 Å². The Morgan fingerprint density at radius 1 is 1.27 bits per heavy atom. The van der Waals surface area contributed by atoms with Crippen LogP contribution < -0.4 is 5.32 Å². The zero-order valence-electron chi connectivity index (χ0n) is 14.2. The molecule has 0 bridgehead atoms. The highest BCUT2D eigenvalue weighted by atomic mass is 32.2. The van der Waals surface area contributed by atoms with E-state index in [-0.39, 0.29) is 11.4 Å². The molecule has 1 aromatic rings. The van der Waals surface area contributed by atoms with Crippen molar-refractivity contribution in [2.45, 2.75) is 83.0 Å². The number of aromatic nitrogens is 3. The van der Waals surface area contributed by atoms with E-state index in [4.69, 9.17) is 0 Å². The summed E-state index contributed by atoms with van der Waals surface area (Å²) in [5.41, 5.74) is -0.191. The lowest BCUT2D eigenvalue weighted by Gasteiger charge is -2.21. The molecule has 124 valence electrons. The van der Waals surface area contributed by atoms with E-state index in [0.29, 0.717) is 11.7 Å². The molecule has 0 saturated heterocycles. The number of nitrogens with zero attached hydrogens (tertiary/aromatic N) is 3. The predicted octanol–water partition coefficient (Wildman–Crippen LogP) is 3.35. The average Bonchev–Trinajstić information content (AvgIpc) is 2.87. The second kappa shape index (κ2) is 7.49. The van der Waals surface area contributed by atoms with Gasteiger partial charge in [-0.15, -0.1) is 10.2 Å². The van der Waals surface area contributed by atoms with Crippen LogP contribution in [0.1, 0.15) is 71.5 Å². The Labute approximate surface area is 137 Å². The molecule has 1 aromatic heterocycles. The van der Waals surface area contributed by atoms with Gasteiger partial charge in [-0.25, -0.2) is 0 Å². The molecule has 0 aliphatic heterocycles.